The fourth-order valence-corrected chi connectivity index (χ4v) is 2.98. The normalized spacial score (nSPS) is 21.2. The fourth-order valence-electron chi connectivity index (χ4n) is 2.98. The Balaban J connectivity index is 1.95. The summed E-state index contributed by atoms with van der Waals surface area (Å²) in [4.78, 5) is 14.6. The lowest BCUT2D eigenvalue weighted by Crippen LogP contribution is -2.35. The van der Waals surface area contributed by atoms with Gasteiger partial charge in [0, 0.05) is 11.8 Å². The molecule has 1 spiro atoms. The zero-order valence-corrected chi connectivity index (χ0v) is 9.11. The third kappa shape index (κ3) is 1.40. The van der Waals surface area contributed by atoms with Crippen LogP contribution in [0.3, 0.4) is 0 Å². The molecule has 0 saturated heterocycles. The van der Waals surface area contributed by atoms with Crippen LogP contribution in [0.2, 0.25) is 0 Å². The Kier molecular flexibility index (Phi) is 1.99. The number of fused-ring (bicyclic) bond motifs is 1. The van der Waals surface area contributed by atoms with Crippen molar-refractivity contribution in [2.45, 2.75) is 38.5 Å². The molecule has 1 aromatic heterocycles. The molecule has 0 N–H and O–H groups in total. The molecule has 1 aromatic rings. The van der Waals surface area contributed by atoms with Gasteiger partial charge in [-0.15, -0.1) is 0 Å². The van der Waals surface area contributed by atoms with Crippen LogP contribution in [0.4, 0.5) is 5.69 Å². The van der Waals surface area contributed by atoms with Crippen molar-refractivity contribution in [3.8, 4) is 0 Å². The summed E-state index contributed by atoms with van der Waals surface area (Å²) >= 11 is 0. The summed E-state index contributed by atoms with van der Waals surface area (Å²) in [5, 5.41) is 10.7. The first-order valence-electron chi connectivity index (χ1n) is 5.81. The van der Waals surface area contributed by atoms with Gasteiger partial charge >= 0.3 is 0 Å². The topological polar surface area (TPSA) is 56.0 Å². The first kappa shape index (κ1) is 9.75. The van der Waals surface area contributed by atoms with Crippen molar-refractivity contribution in [3.05, 3.63) is 33.6 Å². The Labute approximate surface area is 93.8 Å². The van der Waals surface area contributed by atoms with E-state index >= 15 is 0 Å². The lowest BCUT2D eigenvalue weighted by atomic mass is 9.60. The van der Waals surface area contributed by atoms with Crippen LogP contribution in [0.5, 0.6) is 0 Å². The number of aryl methyl sites for hydroxylation is 1. The van der Waals surface area contributed by atoms with E-state index in [0.29, 0.717) is 5.41 Å². The molecule has 3 rings (SSSR count). The smallest absolute Gasteiger partial charge is 0.258 e. The Morgan fingerprint density at radius 1 is 1.38 bits per heavy atom. The molecule has 1 fully saturated rings. The van der Waals surface area contributed by atoms with Gasteiger partial charge < -0.3 is 0 Å². The number of rotatable bonds is 1. The van der Waals surface area contributed by atoms with Crippen molar-refractivity contribution in [2.24, 2.45) is 5.41 Å². The molecule has 0 aliphatic heterocycles. The number of pyridine rings is 1. The highest BCUT2D eigenvalue weighted by molar-refractivity contribution is 5.36. The second-order valence-electron chi connectivity index (χ2n) is 5.09. The Bertz CT molecular complexity index is 452. The molecule has 1 heterocycles. The maximum Gasteiger partial charge on any atom is 0.287 e. The summed E-state index contributed by atoms with van der Waals surface area (Å²) in [7, 11) is 0. The molecule has 4 heteroatoms. The average molecular weight is 218 g/mol. The zero-order chi connectivity index (χ0) is 11.2. The van der Waals surface area contributed by atoms with Gasteiger partial charge in [-0.25, -0.2) is 0 Å². The summed E-state index contributed by atoms with van der Waals surface area (Å²) in [5.41, 5.74) is 2.78. The first-order chi connectivity index (χ1) is 7.69. The summed E-state index contributed by atoms with van der Waals surface area (Å²) in [5.74, 6) is 0. The van der Waals surface area contributed by atoms with Crippen LogP contribution in [0.1, 0.15) is 36.9 Å². The number of nitro groups is 1. The second-order valence-corrected chi connectivity index (χ2v) is 5.09. The van der Waals surface area contributed by atoms with E-state index in [1.165, 1.54) is 31.9 Å². The highest BCUT2D eigenvalue weighted by atomic mass is 16.6. The Morgan fingerprint density at radius 3 is 2.81 bits per heavy atom. The van der Waals surface area contributed by atoms with Gasteiger partial charge in [-0.3, -0.25) is 15.1 Å². The lowest BCUT2D eigenvalue weighted by Gasteiger charge is -2.45. The largest absolute Gasteiger partial charge is 0.287 e. The highest BCUT2D eigenvalue weighted by Crippen LogP contribution is 2.50. The van der Waals surface area contributed by atoms with Gasteiger partial charge in [0.25, 0.3) is 5.69 Å². The third-order valence-corrected chi connectivity index (χ3v) is 4.13. The molecule has 0 aromatic carbocycles. The minimum Gasteiger partial charge on any atom is -0.258 e. The van der Waals surface area contributed by atoms with Gasteiger partial charge in [-0.2, -0.15) is 0 Å². The van der Waals surface area contributed by atoms with Crippen LogP contribution in [0, 0.1) is 15.5 Å². The standard InChI is InChI=1S/C12H14N2O2/c15-14(16)10-6-9-7-12(3-1-4-12)5-2-11(9)13-8-10/h6,8H,1-5,7H2. The van der Waals surface area contributed by atoms with E-state index in [0.717, 1.165) is 24.1 Å². The van der Waals surface area contributed by atoms with Crippen molar-refractivity contribution in [1.82, 2.24) is 4.98 Å². The van der Waals surface area contributed by atoms with E-state index in [9.17, 15) is 10.1 Å². The molecule has 16 heavy (non-hydrogen) atoms. The summed E-state index contributed by atoms with van der Waals surface area (Å²) in [6, 6.07) is 1.72. The highest BCUT2D eigenvalue weighted by Gasteiger charge is 2.40. The average Bonchev–Trinajstić information content (AvgIpc) is 2.25. The minimum atomic E-state index is -0.352. The predicted octanol–water partition coefficient (Wildman–Crippen LogP) is 2.65. The molecule has 0 unspecified atom stereocenters. The molecule has 0 radical (unpaired) electrons. The van der Waals surface area contributed by atoms with E-state index in [1.54, 1.807) is 6.07 Å². The van der Waals surface area contributed by atoms with Crippen molar-refractivity contribution < 1.29 is 4.92 Å². The van der Waals surface area contributed by atoms with E-state index in [2.05, 4.69) is 4.98 Å². The Hall–Kier alpha value is -1.45. The lowest BCUT2D eigenvalue weighted by molar-refractivity contribution is -0.385. The van der Waals surface area contributed by atoms with Crippen molar-refractivity contribution in [2.75, 3.05) is 0 Å². The predicted molar refractivity (Wildman–Crippen MR) is 59.2 cm³/mol. The van der Waals surface area contributed by atoms with Gasteiger partial charge in [-0.05, 0) is 43.1 Å². The number of aromatic nitrogens is 1. The van der Waals surface area contributed by atoms with E-state index in [4.69, 9.17) is 0 Å². The molecule has 4 nitrogen and oxygen atoms in total. The van der Waals surface area contributed by atoms with Gasteiger partial charge in [0.1, 0.15) is 6.20 Å². The van der Waals surface area contributed by atoms with Crippen molar-refractivity contribution >= 4 is 5.69 Å². The molecule has 1 saturated carbocycles. The molecular formula is C12H14N2O2. The summed E-state index contributed by atoms with van der Waals surface area (Å²) < 4.78 is 0. The summed E-state index contributed by atoms with van der Waals surface area (Å²) in [6.45, 7) is 0. The molecule has 2 aliphatic carbocycles. The van der Waals surface area contributed by atoms with Gasteiger partial charge in [0.2, 0.25) is 0 Å². The van der Waals surface area contributed by atoms with Crippen molar-refractivity contribution in [1.29, 1.82) is 0 Å². The van der Waals surface area contributed by atoms with Crippen LogP contribution in [0.15, 0.2) is 12.3 Å². The quantitative estimate of drug-likeness (QED) is 0.537. The number of nitrogens with zero attached hydrogens (tertiary/aromatic N) is 2. The fraction of sp³-hybridized carbons (Fsp3) is 0.583. The third-order valence-electron chi connectivity index (χ3n) is 4.13. The van der Waals surface area contributed by atoms with E-state index in [-0.39, 0.29) is 10.6 Å². The zero-order valence-electron chi connectivity index (χ0n) is 9.11. The van der Waals surface area contributed by atoms with Crippen LogP contribution >= 0.6 is 0 Å². The molecule has 2 aliphatic rings. The van der Waals surface area contributed by atoms with Gasteiger partial charge in [-0.1, -0.05) is 6.42 Å². The summed E-state index contributed by atoms with van der Waals surface area (Å²) in [6.07, 6.45) is 8.48. The van der Waals surface area contributed by atoms with Gasteiger partial charge in [0.15, 0.2) is 0 Å². The molecule has 0 atom stereocenters. The van der Waals surface area contributed by atoms with Crippen LogP contribution in [0.25, 0.3) is 0 Å². The molecule has 84 valence electrons. The number of hydrogen-bond donors (Lipinski definition) is 0. The number of hydrogen-bond acceptors (Lipinski definition) is 3. The molecular weight excluding hydrogens is 204 g/mol. The minimum absolute atomic E-state index is 0.134. The Morgan fingerprint density at radius 2 is 2.19 bits per heavy atom. The monoisotopic (exact) mass is 218 g/mol. The van der Waals surface area contributed by atoms with Crippen LogP contribution in [-0.2, 0) is 12.8 Å². The van der Waals surface area contributed by atoms with E-state index < -0.39 is 0 Å². The molecule has 0 amide bonds. The molecule has 0 bridgehead atoms. The van der Waals surface area contributed by atoms with Crippen molar-refractivity contribution in [3.63, 3.8) is 0 Å². The van der Waals surface area contributed by atoms with Gasteiger partial charge in [0.05, 0.1) is 4.92 Å². The van der Waals surface area contributed by atoms with E-state index in [1.807, 2.05) is 0 Å². The maximum absolute atomic E-state index is 10.7. The van der Waals surface area contributed by atoms with Crippen LogP contribution in [-0.4, -0.2) is 9.91 Å². The second kappa shape index (κ2) is 3.27. The maximum atomic E-state index is 10.7. The first-order valence-corrected chi connectivity index (χ1v) is 5.81. The SMILES string of the molecule is O=[N+]([O-])c1cnc2c(c1)CC1(CCC1)CC2. The van der Waals surface area contributed by atoms with Crippen LogP contribution < -0.4 is 0 Å².